The molecule has 2 N–H and O–H groups in total. The molecule has 1 aromatic carbocycles. The maximum Gasteiger partial charge on any atom is 0.266 e. The molecule has 4 aromatic rings. The van der Waals surface area contributed by atoms with Crippen LogP contribution in [0.3, 0.4) is 0 Å². The minimum Gasteiger partial charge on any atom is -0.459 e. The topological polar surface area (TPSA) is 176 Å². The second-order valence-corrected chi connectivity index (χ2v) is 10.0. The van der Waals surface area contributed by atoms with Crippen LogP contribution in [0.1, 0.15) is 43.2 Å². The third-order valence-electron chi connectivity index (χ3n) is 7.49. The number of aryl methyl sites for hydroxylation is 1. The van der Waals surface area contributed by atoms with Crippen LogP contribution in [0.2, 0.25) is 0 Å². The number of fused-ring (bicyclic) bond motifs is 1. The van der Waals surface area contributed by atoms with Crippen molar-refractivity contribution in [3.63, 3.8) is 0 Å². The van der Waals surface area contributed by atoms with Gasteiger partial charge >= 0.3 is 0 Å². The first kappa shape index (κ1) is 26.0. The number of amides is 3. The van der Waals surface area contributed by atoms with Crippen LogP contribution in [0.15, 0.2) is 50.2 Å². The standard InChI is InChI=1S/C28H25N7O6/c1-15-30-17-4-2-5-18(23(17)27(39)35(15)20-7-8-22(36)33-25(20)38)31-24(37)16-9-11-34(12-10-16)28-19(14-29)32-26(41-28)21-6-3-13-40-21/h2-6,13,16,20H,7-12H2,1H3,(H,31,37)(H,33,36,38). The van der Waals surface area contributed by atoms with Gasteiger partial charge in [0.05, 0.1) is 22.9 Å². The van der Waals surface area contributed by atoms with Crippen molar-refractivity contribution < 1.29 is 23.2 Å². The van der Waals surface area contributed by atoms with Crippen LogP contribution in [0.5, 0.6) is 0 Å². The molecule has 13 nitrogen and oxygen atoms in total. The summed E-state index contributed by atoms with van der Waals surface area (Å²) in [6.07, 6.45) is 2.76. The minimum atomic E-state index is -0.868. The van der Waals surface area contributed by atoms with Crippen LogP contribution in [0.25, 0.3) is 22.6 Å². The third-order valence-corrected chi connectivity index (χ3v) is 7.49. The Labute approximate surface area is 232 Å². The first-order valence-corrected chi connectivity index (χ1v) is 13.2. The molecule has 0 radical (unpaired) electrons. The first-order valence-electron chi connectivity index (χ1n) is 13.2. The summed E-state index contributed by atoms with van der Waals surface area (Å²) in [6, 6.07) is 9.59. The molecule has 0 saturated carbocycles. The van der Waals surface area contributed by atoms with Crippen molar-refractivity contribution in [2.24, 2.45) is 5.92 Å². The Morgan fingerprint density at radius 1 is 1.12 bits per heavy atom. The molecule has 0 bridgehead atoms. The van der Waals surface area contributed by atoms with Crippen LogP contribution in [0.4, 0.5) is 11.6 Å². The molecule has 2 aliphatic heterocycles. The number of hydrogen-bond donors (Lipinski definition) is 2. The highest BCUT2D eigenvalue weighted by molar-refractivity contribution is 6.02. The van der Waals surface area contributed by atoms with E-state index in [1.165, 1.54) is 10.8 Å². The normalized spacial score (nSPS) is 17.9. The minimum absolute atomic E-state index is 0.117. The highest BCUT2D eigenvalue weighted by atomic mass is 16.4. The summed E-state index contributed by atoms with van der Waals surface area (Å²) in [5.74, 6) is -0.232. The summed E-state index contributed by atoms with van der Waals surface area (Å²) in [5.41, 5.74) is 0.378. The number of nitrogens with one attached hydrogen (secondary N) is 2. The zero-order valence-electron chi connectivity index (χ0n) is 22.0. The Bertz CT molecular complexity index is 1770. The van der Waals surface area contributed by atoms with Crippen LogP contribution in [-0.4, -0.2) is 45.3 Å². The van der Waals surface area contributed by atoms with Crippen molar-refractivity contribution in [2.75, 3.05) is 23.3 Å². The van der Waals surface area contributed by atoms with E-state index in [2.05, 4.69) is 26.7 Å². The van der Waals surface area contributed by atoms with E-state index in [0.717, 1.165) is 0 Å². The maximum absolute atomic E-state index is 13.7. The van der Waals surface area contributed by atoms with Gasteiger partial charge in [-0.25, -0.2) is 4.98 Å². The smallest absolute Gasteiger partial charge is 0.266 e. The van der Waals surface area contributed by atoms with Gasteiger partial charge in [-0.15, -0.1) is 0 Å². The summed E-state index contributed by atoms with van der Waals surface area (Å²) in [5, 5.41) is 14.9. The SMILES string of the molecule is Cc1nc2cccc(NC(=O)C3CCN(c4oc(-c5ccco5)nc4C#N)CC3)c2c(=O)n1C1CCC(=O)NC1=O. The molecule has 3 amide bonds. The van der Waals surface area contributed by atoms with E-state index >= 15 is 0 Å². The van der Waals surface area contributed by atoms with E-state index in [1.807, 2.05) is 4.90 Å². The monoisotopic (exact) mass is 555 g/mol. The number of furan rings is 1. The molecule has 13 heteroatoms. The molecule has 0 aliphatic carbocycles. The summed E-state index contributed by atoms with van der Waals surface area (Å²) >= 11 is 0. The molecule has 2 fully saturated rings. The van der Waals surface area contributed by atoms with Crippen molar-refractivity contribution in [3.8, 4) is 17.7 Å². The van der Waals surface area contributed by atoms with Crippen molar-refractivity contribution in [3.05, 3.63) is 58.5 Å². The van der Waals surface area contributed by atoms with Gasteiger partial charge in [0, 0.05) is 25.4 Å². The summed E-state index contributed by atoms with van der Waals surface area (Å²) in [4.78, 5) is 61.8. The van der Waals surface area contributed by atoms with E-state index in [0.29, 0.717) is 54.6 Å². The lowest BCUT2D eigenvalue weighted by Gasteiger charge is -2.31. The number of carbonyl (C=O) groups excluding carboxylic acids is 3. The molecule has 2 aliphatic rings. The molecule has 3 aromatic heterocycles. The molecule has 1 atom stereocenters. The molecule has 5 heterocycles. The van der Waals surface area contributed by atoms with Gasteiger partial charge in [-0.2, -0.15) is 10.2 Å². The van der Waals surface area contributed by atoms with Crippen LogP contribution >= 0.6 is 0 Å². The Hall–Kier alpha value is -5.25. The van der Waals surface area contributed by atoms with E-state index in [1.54, 1.807) is 37.3 Å². The van der Waals surface area contributed by atoms with Gasteiger partial charge in [-0.05, 0) is 50.5 Å². The third kappa shape index (κ3) is 4.73. The summed E-state index contributed by atoms with van der Waals surface area (Å²) in [6.45, 7) is 2.55. The number of nitriles is 1. The number of hydrogen-bond acceptors (Lipinski definition) is 10. The second-order valence-electron chi connectivity index (χ2n) is 10.0. The van der Waals surface area contributed by atoms with E-state index in [9.17, 15) is 24.4 Å². The number of nitrogens with zero attached hydrogens (tertiary/aromatic N) is 5. The molecular weight excluding hydrogens is 530 g/mol. The van der Waals surface area contributed by atoms with E-state index < -0.39 is 17.5 Å². The quantitative estimate of drug-likeness (QED) is 0.348. The van der Waals surface area contributed by atoms with E-state index in [-0.39, 0.29) is 47.5 Å². The zero-order chi connectivity index (χ0) is 28.7. The van der Waals surface area contributed by atoms with Gasteiger partial charge in [0.15, 0.2) is 5.76 Å². The van der Waals surface area contributed by atoms with Gasteiger partial charge in [0.1, 0.15) is 17.9 Å². The fraction of sp³-hybridized carbons (Fsp3) is 0.321. The lowest BCUT2D eigenvalue weighted by atomic mass is 9.95. The summed E-state index contributed by atoms with van der Waals surface area (Å²) in [7, 11) is 0. The highest BCUT2D eigenvalue weighted by Gasteiger charge is 2.32. The maximum atomic E-state index is 13.7. The molecule has 1 unspecified atom stereocenters. The Morgan fingerprint density at radius 3 is 2.63 bits per heavy atom. The fourth-order valence-electron chi connectivity index (χ4n) is 5.44. The largest absolute Gasteiger partial charge is 0.459 e. The van der Waals surface area contributed by atoms with Crippen LogP contribution < -0.4 is 21.1 Å². The second kappa shape index (κ2) is 10.4. The molecular formula is C28H25N7O6. The molecule has 208 valence electrons. The highest BCUT2D eigenvalue weighted by Crippen LogP contribution is 2.32. The van der Waals surface area contributed by atoms with Crippen molar-refractivity contribution in [2.45, 2.75) is 38.6 Å². The molecule has 6 rings (SSSR count). The van der Waals surface area contributed by atoms with Crippen molar-refractivity contribution in [1.82, 2.24) is 19.9 Å². The van der Waals surface area contributed by atoms with Gasteiger partial charge in [0.25, 0.3) is 11.4 Å². The molecule has 41 heavy (non-hydrogen) atoms. The molecule has 2 saturated heterocycles. The average molecular weight is 556 g/mol. The number of rotatable bonds is 5. The fourth-order valence-corrected chi connectivity index (χ4v) is 5.44. The lowest BCUT2D eigenvalue weighted by Crippen LogP contribution is -2.45. The zero-order valence-corrected chi connectivity index (χ0v) is 22.0. The number of benzene rings is 1. The van der Waals surface area contributed by atoms with Crippen LogP contribution in [0, 0.1) is 24.2 Å². The predicted octanol–water partition coefficient (Wildman–Crippen LogP) is 2.66. The lowest BCUT2D eigenvalue weighted by molar-refractivity contribution is -0.135. The average Bonchev–Trinajstić information content (AvgIpc) is 3.64. The van der Waals surface area contributed by atoms with Gasteiger partial charge in [0.2, 0.25) is 29.3 Å². The number of aromatic nitrogens is 3. The van der Waals surface area contributed by atoms with Crippen LogP contribution in [-0.2, 0) is 14.4 Å². The predicted molar refractivity (Wildman–Crippen MR) is 145 cm³/mol. The number of anilines is 2. The Kier molecular flexibility index (Phi) is 6.58. The van der Waals surface area contributed by atoms with Crippen molar-refractivity contribution in [1.29, 1.82) is 5.26 Å². The first-order chi connectivity index (χ1) is 19.8. The Balaban J connectivity index is 1.20. The van der Waals surface area contributed by atoms with Gasteiger partial charge in [-0.3, -0.25) is 29.1 Å². The Morgan fingerprint density at radius 2 is 1.93 bits per heavy atom. The summed E-state index contributed by atoms with van der Waals surface area (Å²) < 4.78 is 12.4. The van der Waals surface area contributed by atoms with Gasteiger partial charge < -0.3 is 19.1 Å². The van der Waals surface area contributed by atoms with Crippen molar-refractivity contribution >= 4 is 40.2 Å². The number of imide groups is 1. The molecule has 0 spiro atoms. The van der Waals surface area contributed by atoms with Gasteiger partial charge in [-0.1, -0.05) is 6.07 Å². The van der Waals surface area contributed by atoms with E-state index in [4.69, 9.17) is 8.83 Å². The number of oxazole rings is 1. The number of piperidine rings is 2. The number of carbonyl (C=O) groups is 3.